The van der Waals surface area contributed by atoms with Crippen LogP contribution in [0.1, 0.15) is 64.7 Å². The third-order valence-electron chi connectivity index (χ3n) is 3.41. The Balaban J connectivity index is 3.21. The lowest BCUT2D eigenvalue weighted by Crippen LogP contribution is -2.30. The van der Waals surface area contributed by atoms with Crippen molar-refractivity contribution < 1.29 is 10.2 Å². The lowest BCUT2D eigenvalue weighted by molar-refractivity contribution is 0.159. The zero-order valence-electron chi connectivity index (χ0n) is 12.2. The van der Waals surface area contributed by atoms with Crippen LogP contribution in [0, 0.1) is 0 Å². The Labute approximate surface area is 113 Å². The molecule has 0 saturated heterocycles. The molecule has 0 aliphatic carbocycles. The van der Waals surface area contributed by atoms with Crippen LogP contribution >= 0.6 is 0 Å². The minimum Gasteiger partial charge on any atom is -0.395 e. The maximum atomic E-state index is 8.88. The summed E-state index contributed by atoms with van der Waals surface area (Å²) in [7, 11) is 0. The molecule has 0 aromatic rings. The van der Waals surface area contributed by atoms with E-state index in [1.165, 1.54) is 57.8 Å². The molecule has 0 aliphatic heterocycles. The minimum absolute atomic E-state index is 0.192. The summed E-state index contributed by atoms with van der Waals surface area (Å²) in [4.78, 5) is 2.14. The Morgan fingerprint density at radius 3 is 1.50 bits per heavy atom. The number of hydrogen-bond donors (Lipinski definition) is 2. The highest BCUT2D eigenvalue weighted by Gasteiger charge is 2.02. The second kappa shape index (κ2) is 14.9. The van der Waals surface area contributed by atoms with E-state index in [-0.39, 0.29) is 13.2 Å². The maximum absolute atomic E-state index is 8.88. The van der Waals surface area contributed by atoms with Gasteiger partial charge in [0.15, 0.2) is 0 Å². The smallest absolute Gasteiger partial charge is 0.0558 e. The first-order chi connectivity index (χ1) is 8.85. The van der Waals surface area contributed by atoms with E-state index in [0.29, 0.717) is 13.1 Å². The van der Waals surface area contributed by atoms with Crippen LogP contribution in [0.15, 0.2) is 0 Å². The molecule has 0 unspecified atom stereocenters. The number of nitrogens with zero attached hydrogens (tertiary/aromatic N) is 1. The fourth-order valence-corrected chi connectivity index (χ4v) is 2.26. The van der Waals surface area contributed by atoms with Gasteiger partial charge in [0.05, 0.1) is 13.2 Å². The molecule has 0 amide bonds. The molecule has 0 aromatic heterocycles. The molecule has 110 valence electrons. The highest BCUT2D eigenvalue weighted by molar-refractivity contribution is 4.57. The van der Waals surface area contributed by atoms with Crippen LogP contribution in [-0.4, -0.2) is 48.0 Å². The highest BCUT2D eigenvalue weighted by atomic mass is 16.3. The molecule has 0 heterocycles. The molecule has 3 nitrogen and oxygen atoms in total. The van der Waals surface area contributed by atoms with Crippen LogP contribution < -0.4 is 0 Å². The van der Waals surface area contributed by atoms with Gasteiger partial charge in [0.1, 0.15) is 0 Å². The molecular formula is C15H33NO2. The topological polar surface area (TPSA) is 43.7 Å². The predicted molar refractivity (Wildman–Crippen MR) is 77.8 cm³/mol. The standard InChI is InChI=1S/C15H33NO2/c1-2-3-4-5-6-7-8-9-10-11-16(12-14-17)13-15-18/h17-18H,2-15H2,1H3. The molecule has 0 aromatic carbocycles. The van der Waals surface area contributed by atoms with Crippen LogP contribution in [0.2, 0.25) is 0 Å². The summed E-state index contributed by atoms with van der Waals surface area (Å²) in [5.74, 6) is 0. The summed E-state index contributed by atoms with van der Waals surface area (Å²) in [6, 6.07) is 0. The maximum Gasteiger partial charge on any atom is 0.0558 e. The van der Waals surface area contributed by atoms with Gasteiger partial charge in [-0.05, 0) is 13.0 Å². The summed E-state index contributed by atoms with van der Waals surface area (Å²) in [5, 5.41) is 17.8. The van der Waals surface area contributed by atoms with Gasteiger partial charge in [0.2, 0.25) is 0 Å². The lowest BCUT2D eigenvalue weighted by Gasteiger charge is -2.19. The summed E-state index contributed by atoms with van der Waals surface area (Å²) < 4.78 is 0. The number of hydrogen-bond acceptors (Lipinski definition) is 3. The first kappa shape index (κ1) is 17.9. The predicted octanol–water partition coefficient (Wildman–Crippen LogP) is 2.80. The zero-order valence-corrected chi connectivity index (χ0v) is 12.2. The zero-order chi connectivity index (χ0) is 13.5. The van der Waals surface area contributed by atoms with E-state index in [2.05, 4.69) is 11.8 Å². The minimum atomic E-state index is 0.192. The number of unbranched alkanes of at least 4 members (excludes halogenated alkanes) is 8. The second-order valence-corrected chi connectivity index (χ2v) is 5.12. The van der Waals surface area contributed by atoms with Crippen LogP contribution in [0.25, 0.3) is 0 Å². The van der Waals surface area contributed by atoms with E-state index in [9.17, 15) is 0 Å². The van der Waals surface area contributed by atoms with Crippen molar-refractivity contribution in [2.75, 3.05) is 32.8 Å². The van der Waals surface area contributed by atoms with Crippen molar-refractivity contribution in [2.24, 2.45) is 0 Å². The molecule has 0 rings (SSSR count). The van der Waals surface area contributed by atoms with E-state index in [4.69, 9.17) is 10.2 Å². The van der Waals surface area contributed by atoms with E-state index < -0.39 is 0 Å². The Bertz CT molecular complexity index is 147. The second-order valence-electron chi connectivity index (χ2n) is 5.12. The fraction of sp³-hybridized carbons (Fsp3) is 1.00. The normalized spacial score (nSPS) is 11.3. The Morgan fingerprint density at radius 2 is 1.06 bits per heavy atom. The van der Waals surface area contributed by atoms with Gasteiger partial charge in [0, 0.05) is 13.1 Å². The average Bonchev–Trinajstić information content (AvgIpc) is 2.37. The van der Waals surface area contributed by atoms with Gasteiger partial charge in [-0.25, -0.2) is 0 Å². The summed E-state index contributed by atoms with van der Waals surface area (Å²) in [6.45, 7) is 5.03. The third-order valence-corrected chi connectivity index (χ3v) is 3.41. The summed E-state index contributed by atoms with van der Waals surface area (Å²) in [5.41, 5.74) is 0. The summed E-state index contributed by atoms with van der Waals surface area (Å²) in [6.07, 6.45) is 12.1. The lowest BCUT2D eigenvalue weighted by atomic mass is 10.1. The van der Waals surface area contributed by atoms with Gasteiger partial charge in [0.25, 0.3) is 0 Å². The largest absolute Gasteiger partial charge is 0.395 e. The van der Waals surface area contributed by atoms with E-state index >= 15 is 0 Å². The molecule has 2 N–H and O–H groups in total. The monoisotopic (exact) mass is 259 g/mol. The molecular weight excluding hydrogens is 226 g/mol. The molecule has 0 bridgehead atoms. The molecule has 18 heavy (non-hydrogen) atoms. The van der Waals surface area contributed by atoms with Crippen molar-refractivity contribution in [3.05, 3.63) is 0 Å². The van der Waals surface area contributed by atoms with Crippen molar-refractivity contribution in [1.82, 2.24) is 4.90 Å². The molecule has 0 saturated carbocycles. The van der Waals surface area contributed by atoms with Crippen LogP contribution in [0.4, 0.5) is 0 Å². The number of rotatable bonds is 14. The molecule has 0 spiro atoms. The number of aliphatic hydroxyl groups excluding tert-OH is 2. The number of aliphatic hydroxyl groups is 2. The van der Waals surface area contributed by atoms with E-state index in [1.807, 2.05) is 0 Å². The van der Waals surface area contributed by atoms with E-state index in [1.54, 1.807) is 0 Å². The third kappa shape index (κ3) is 12.3. The first-order valence-corrected chi connectivity index (χ1v) is 7.79. The van der Waals surface area contributed by atoms with Crippen LogP contribution in [0.3, 0.4) is 0 Å². The Morgan fingerprint density at radius 1 is 0.611 bits per heavy atom. The first-order valence-electron chi connectivity index (χ1n) is 7.79. The van der Waals surface area contributed by atoms with Crippen molar-refractivity contribution in [2.45, 2.75) is 64.7 Å². The van der Waals surface area contributed by atoms with Gasteiger partial charge in [-0.3, -0.25) is 4.90 Å². The van der Waals surface area contributed by atoms with Gasteiger partial charge in [-0.2, -0.15) is 0 Å². The van der Waals surface area contributed by atoms with Gasteiger partial charge < -0.3 is 10.2 Å². The van der Waals surface area contributed by atoms with Crippen molar-refractivity contribution in [3.63, 3.8) is 0 Å². The summed E-state index contributed by atoms with van der Waals surface area (Å²) >= 11 is 0. The average molecular weight is 259 g/mol. The quantitative estimate of drug-likeness (QED) is 0.471. The van der Waals surface area contributed by atoms with Crippen LogP contribution in [-0.2, 0) is 0 Å². The van der Waals surface area contributed by atoms with Crippen molar-refractivity contribution in [1.29, 1.82) is 0 Å². The SMILES string of the molecule is CCCCCCCCCCCN(CCO)CCO. The van der Waals surface area contributed by atoms with Gasteiger partial charge in [-0.1, -0.05) is 58.3 Å². The Hall–Kier alpha value is -0.120. The molecule has 3 heteroatoms. The molecule has 0 fully saturated rings. The van der Waals surface area contributed by atoms with Crippen molar-refractivity contribution >= 4 is 0 Å². The molecule has 0 radical (unpaired) electrons. The van der Waals surface area contributed by atoms with E-state index in [0.717, 1.165) is 6.54 Å². The fourth-order valence-electron chi connectivity index (χ4n) is 2.26. The molecule has 0 atom stereocenters. The van der Waals surface area contributed by atoms with Crippen molar-refractivity contribution in [3.8, 4) is 0 Å². The van der Waals surface area contributed by atoms with Gasteiger partial charge in [-0.15, -0.1) is 0 Å². The highest BCUT2D eigenvalue weighted by Crippen LogP contribution is 2.09. The Kier molecular flexibility index (Phi) is 14.8. The molecule has 0 aliphatic rings. The van der Waals surface area contributed by atoms with Gasteiger partial charge >= 0.3 is 0 Å². The van der Waals surface area contributed by atoms with Crippen LogP contribution in [0.5, 0.6) is 0 Å².